The molecule has 2 N–H and O–H groups in total. The van der Waals surface area contributed by atoms with Crippen molar-refractivity contribution in [2.24, 2.45) is 0 Å². The lowest BCUT2D eigenvalue weighted by Gasteiger charge is -2.20. The second kappa shape index (κ2) is 6.69. The van der Waals surface area contributed by atoms with E-state index in [-0.39, 0.29) is 4.32 Å². The summed E-state index contributed by atoms with van der Waals surface area (Å²) in [6.07, 6.45) is 1.64. The fourth-order valence-corrected chi connectivity index (χ4v) is 3.54. The molecule has 5 nitrogen and oxygen atoms in total. The maximum atomic E-state index is 12.3. The first kappa shape index (κ1) is 16.2. The molecule has 0 aliphatic carbocycles. The highest BCUT2D eigenvalue weighted by Gasteiger charge is 2.40. The van der Waals surface area contributed by atoms with Gasteiger partial charge in [0.2, 0.25) is 0 Å². The molecular weight excluding hydrogens is 378 g/mol. The highest BCUT2D eigenvalue weighted by molar-refractivity contribution is 9.10. The van der Waals surface area contributed by atoms with Gasteiger partial charge in [0.1, 0.15) is 4.32 Å². The lowest BCUT2D eigenvalue weighted by Crippen LogP contribution is -2.46. The monoisotopic (exact) mass is 387 g/mol. The van der Waals surface area contributed by atoms with Crippen molar-refractivity contribution in [1.82, 2.24) is 4.90 Å². The molecule has 1 amide bonds. The molecule has 1 unspecified atom stereocenters. The van der Waals surface area contributed by atoms with E-state index in [1.807, 2.05) is 24.3 Å². The summed E-state index contributed by atoms with van der Waals surface area (Å²) >= 11 is 9.40. The fourth-order valence-electron chi connectivity index (χ4n) is 1.77. The van der Waals surface area contributed by atoms with Gasteiger partial charge in [-0.2, -0.15) is 0 Å². The fraction of sp³-hybridized carbons (Fsp3) is 0.154. The molecule has 1 aliphatic rings. The standard InChI is InChI=1S/C13H10BrNO4S2/c14-8-3-1-2-7(4-8)5-10-11(17)15(13(20)21-10)9(6-16)12(18)19/h1-5,9,16H,6H2,(H,18,19)/b10-5-. The maximum absolute atomic E-state index is 12.3. The first-order chi connectivity index (χ1) is 9.93. The predicted octanol–water partition coefficient (Wildman–Crippen LogP) is 2.10. The number of carbonyl (C=O) groups is 2. The lowest BCUT2D eigenvalue weighted by molar-refractivity contribution is -0.146. The number of hydrogen-bond donors (Lipinski definition) is 2. The molecule has 0 saturated carbocycles. The molecular formula is C13H10BrNO4S2. The van der Waals surface area contributed by atoms with Crippen molar-refractivity contribution in [2.75, 3.05) is 6.61 Å². The van der Waals surface area contributed by atoms with Crippen LogP contribution in [0.3, 0.4) is 0 Å². The number of thiocarbonyl (C=S) groups is 1. The van der Waals surface area contributed by atoms with E-state index in [1.165, 1.54) is 0 Å². The molecule has 1 aromatic carbocycles. The quantitative estimate of drug-likeness (QED) is 0.608. The third-order valence-corrected chi connectivity index (χ3v) is 4.56. The number of amides is 1. The molecule has 1 atom stereocenters. The van der Waals surface area contributed by atoms with Crippen LogP contribution in [-0.2, 0) is 9.59 Å². The zero-order chi connectivity index (χ0) is 15.6. The molecule has 0 spiro atoms. The predicted molar refractivity (Wildman–Crippen MR) is 87.7 cm³/mol. The van der Waals surface area contributed by atoms with Crippen LogP contribution < -0.4 is 0 Å². The van der Waals surface area contributed by atoms with Gasteiger partial charge in [0.15, 0.2) is 6.04 Å². The van der Waals surface area contributed by atoms with E-state index < -0.39 is 24.5 Å². The van der Waals surface area contributed by atoms with E-state index in [4.69, 9.17) is 22.4 Å². The Labute approximate surface area is 138 Å². The number of thioether (sulfide) groups is 1. The molecule has 1 saturated heterocycles. The van der Waals surface area contributed by atoms with Gasteiger partial charge in [0.05, 0.1) is 11.5 Å². The zero-order valence-corrected chi connectivity index (χ0v) is 13.7. The Hall–Kier alpha value is -1.22. The van der Waals surface area contributed by atoms with E-state index in [0.717, 1.165) is 26.7 Å². The zero-order valence-electron chi connectivity index (χ0n) is 10.5. The summed E-state index contributed by atoms with van der Waals surface area (Å²) in [5.41, 5.74) is 0.792. The van der Waals surface area contributed by atoms with Crippen molar-refractivity contribution in [3.63, 3.8) is 0 Å². The minimum absolute atomic E-state index is 0.127. The minimum Gasteiger partial charge on any atom is -0.480 e. The van der Waals surface area contributed by atoms with Gasteiger partial charge in [-0.25, -0.2) is 4.79 Å². The van der Waals surface area contributed by atoms with Crippen LogP contribution in [0, 0.1) is 0 Å². The average Bonchev–Trinajstić information content (AvgIpc) is 2.67. The highest BCUT2D eigenvalue weighted by atomic mass is 79.9. The second-order valence-corrected chi connectivity index (χ2v) is 6.73. The largest absolute Gasteiger partial charge is 0.480 e. The summed E-state index contributed by atoms with van der Waals surface area (Å²) in [6, 6.07) is 5.97. The summed E-state index contributed by atoms with van der Waals surface area (Å²) in [7, 11) is 0. The Bertz CT molecular complexity index is 647. The number of aliphatic hydroxyl groups is 1. The van der Waals surface area contributed by atoms with Gasteiger partial charge in [-0.1, -0.05) is 52.0 Å². The van der Waals surface area contributed by atoms with Crippen LogP contribution >= 0.6 is 39.9 Å². The van der Waals surface area contributed by atoms with Crippen molar-refractivity contribution in [3.8, 4) is 0 Å². The molecule has 0 bridgehead atoms. The van der Waals surface area contributed by atoms with Gasteiger partial charge < -0.3 is 10.2 Å². The van der Waals surface area contributed by atoms with Crippen LogP contribution in [0.1, 0.15) is 5.56 Å². The number of carboxylic acids is 1. The van der Waals surface area contributed by atoms with Gasteiger partial charge in [0.25, 0.3) is 5.91 Å². The molecule has 1 fully saturated rings. The van der Waals surface area contributed by atoms with E-state index in [9.17, 15) is 9.59 Å². The highest BCUT2D eigenvalue weighted by Crippen LogP contribution is 2.34. The third-order valence-electron chi connectivity index (χ3n) is 2.74. The lowest BCUT2D eigenvalue weighted by atomic mass is 10.2. The van der Waals surface area contributed by atoms with Crippen LogP contribution in [0.15, 0.2) is 33.6 Å². The van der Waals surface area contributed by atoms with Crippen molar-refractivity contribution in [3.05, 3.63) is 39.2 Å². The molecule has 1 aromatic rings. The third kappa shape index (κ3) is 3.52. The summed E-state index contributed by atoms with van der Waals surface area (Å²) in [5.74, 6) is -1.80. The number of carbonyl (C=O) groups excluding carboxylic acids is 1. The Morgan fingerprint density at radius 3 is 2.81 bits per heavy atom. The minimum atomic E-state index is -1.36. The van der Waals surface area contributed by atoms with Crippen molar-refractivity contribution < 1.29 is 19.8 Å². The van der Waals surface area contributed by atoms with Gasteiger partial charge >= 0.3 is 5.97 Å². The molecule has 0 radical (unpaired) electrons. The number of benzene rings is 1. The molecule has 21 heavy (non-hydrogen) atoms. The van der Waals surface area contributed by atoms with E-state index in [0.29, 0.717) is 4.91 Å². The summed E-state index contributed by atoms with van der Waals surface area (Å²) in [4.78, 5) is 24.6. The van der Waals surface area contributed by atoms with Crippen LogP contribution in [0.4, 0.5) is 0 Å². The Kier molecular flexibility index (Phi) is 5.15. The first-order valence-electron chi connectivity index (χ1n) is 5.80. The van der Waals surface area contributed by atoms with Crippen molar-refractivity contribution in [1.29, 1.82) is 0 Å². The number of rotatable bonds is 4. The van der Waals surface area contributed by atoms with E-state index in [2.05, 4.69) is 15.9 Å². The van der Waals surface area contributed by atoms with Gasteiger partial charge in [-0.15, -0.1) is 0 Å². The second-order valence-electron chi connectivity index (χ2n) is 4.14. The van der Waals surface area contributed by atoms with Crippen LogP contribution in [-0.4, -0.2) is 44.0 Å². The summed E-state index contributed by atoms with van der Waals surface area (Å²) < 4.78 is 0.994. The van der Waals surface area contributed by atoms with Crippen molar-refractivity contribution >= 4 is 62.2 Å². The van der Waals surface area contributed by atoms with Crippen LogP contribution in [0.2, 0.25) is 0 Å². The molecule has 1 aliphatic heterocycles. The van der Waals surface area contributed by atoms with Gasteiger partial charge in [-0.05, 0) is 23.8 Å². The normalized spacial score (nSPS) is 18.4. The number of carboxylic acid groups (broad SMARTS) is 1. The summed E-state index contributed by atoms with van der Waals surface area (Å²) in [6.45, 7) is -0.689. The van der Waals surface area contributed by atoms with Gasteiger partial charge in [-0.3, -0.25) is 9.69 Å². The van der Waals surface area contributed by atoms with Crippen LogP contribution in [0.5, 0.6) is 0 Å². The molecule has 8 heteroatoms. The smallest absolute Gasteiger partial charge is 0.329 e. The first-order valence-corrected chi connectivity index (χ1v) is 7.82. The SMILES string of the molecule is O=C(O)C(CO)N1C(=O)/C(=C/c2cccc(Br)c2)SC1=S. The number of hydrogen-bond acceptors (Lipinski definition) is 5. The Morgan fingerprint density at radius 2 is 2.24 bits per heavy atom. The number of aliphatic carboxylic acids is 1. The van der Waals surface area contributed by atoms with E-state index in [1.54, 1.807) is 6.08 Å². The molecule has 110 valence electrons. The van der Waals surface area contributed by atoms with Gasteiger partial charge in [0, 0.05) is 4.47 Å². The number of halogens is 1. The molecule has 0 aromatic heterocycles. The van der Waals surface area contributed by atoms with Crippen LogP contribution in [0.25, 0.3) is 6.08 Å². The average molecular weight is 388 g/mol. The maximum Gasteiger partial charge on any atom is 0.329 e. The number of nitrogens with zero attached hydrogens (tertiary/aromatic N) is 1. The molecule has 2 rings (SSSR count). The van der Waals surface area contributed by atoms with E-state index >= 15 is 0 Å². The Morgan fingerprint density at radius 1 is 1.52 bits per heavy atom. The summed E-state index contributed by atoms with van der Waals surface area (Å²) in [5, 5.41) is 18.2. The molecule has 1 heterocycles. The Balaban J connectivity index is 2.31. The topological polar surface area (TPSA) is 77.8 Å². The van der Waals surface area contributed by atoms with Crippen molar-refractivity contribution in [2.45, 2.75) is 6.04 Å². The number of aliphatic hydroxyl groups excluding tert-OH is 1.